The van der Waals surface area contributed by atoms with Gasteiger partial charge < -0.3 is 20.4 Å². The van der Waals surface area contributed by atoms with Crippen molar-refractivity contribution < 1.29 is 14.0 Å². The lowest BCUT2D eigenvalue weighted by molar-refractivity contribution is -0.129. The van der Waals surface area contributed by atoms with E-state index in [1.807, 2.05) is 11.0 Å². The summed E-state index contributed by atoms with van der Waals surface area (Å²) < 4.78 is 13.1. The van der Waals surface area contributed by atoms with Crippen LogP contribution in [0, 0.1) is 5.82 Å². The molecule has 1 aliphatic heterocycles. The lowest BCUT2D eigenvalue weighted by atomic mass is 10.2. The van der Waals surface area contributed by atoms with Gasteiger partial charge in [0.25, 0.3) is 5.91 Å². The number of amides is 2. The molecular weight excluding hydrogens is 445 g/mol. The number of benzene rings is 2. The molecular formula is C24H23ClFN5O2. The van der Waals surface area contributed by atoms with E-state index < -0.39 is 0 Å². The molecule has 2 heterocycles. The SMILES string of the molecule is CC(=O)N1CCN(c2ccc(C(=O)Nc3ccc(Cl)c(Nc4ccc(F)cc4)c3)cn2)CC1. The number of hydrogen-bond donors (Lipinski definition) is 2. The topological polar surface area (TPSA) is 77.6 Å². The molecule has 7 nitrogen and oxygen atoms in total. The Balaban J connectivity index is 1.40. The molecule has 1 saturated heterocycles. The number of nitrogens with zero attached hydrogens (tertiary/aromatic N) is 3. The average Bonchev–Trinajstić information content (AvgIpc) is 2.83. The molecule has 1 fully saturated rings. The van der Waals surface area contributed by atoms with Crippen molar-refractivity contribution in [1.29, 1.82) is 0 Å². The molecule has 0 bridgehead atoms. The van der Waals surface area contributed by atoms with Crippen molar-refractivity contribution in [3.63, 3.8) is 0 Å². The van der Waals surface area contributed by atoms with Gasteiger partial charge in [0.2, 0.25) is 5.91 Å². The van der Waals surface area contributed by atoms with Crippen LogP contribution >= 0.6 is 11.6 Å². The van der Waals surface area contributed by atoms with Gasteiger partial charge in [-0.25, -0.2) is 9.37 Å². The summed E-state index contributed by atoms with van der Waals surface area (Å²) in [5.41, 5.74) is 2.23. The van der Waals surface area contributed by atoms with Crippen LogP contribution < -0.4 is 15.5 Å². The van der Waals surface area contributed by atoms with E-state index in [9.17, 15) is 14.0 Å². The summed E-state index contributed by atoms with van der Waals surface area (Å²) in [6, 6.07) is 14.5. The Labute approximate surface area is 196 Å². The molecule has 9 heteroatoms. The number of piperazine rings is 1. The quantitative estimate of drug-likeness (QED) is 0.576. The van der Waals surface area contributed by atoms with E-state index in [1.54, 1.807) is 43.3 Å². The number of carbonyl (C=O) groups excluding carboxylic acids is 2. The molecule has 0 spiro atoms. The van der Waals surface area contributed by atoms with Crippen LogP contribution in [0.4, 0.5) is 27.3 Å². The van der Waals surface area contributed by atoms with Crippen LogP contribution in [0.2, 0.25) is 5.02 Å². The van der Waals surface area contributed by atoms with Gasteiger partial charge in [-0.05, 0) is 54.6 Å². The summed E-state index contributed by atoms with van der Waals surface area (Å²) in [4.78, 5) is 32.5. The Bertz CT molecular complexity index is 1150. The Kier molecular flexibility index (Phi) is 6.74. The molecule has 33 heavy (non-hydrogen) atoms. The number of rotatable bonds is 5. The summed E-state index contributed by atoms with van der Waals surface area (Å²) in [7, 11) is 0. The molecule has 1 aromatic heterocycles. The van der Waals surface area contributed by atoms with E-state index in [2.05, 4.69) is 20.5 Å². The van der Waals surface area contributed by atoms with E-state index in [0.717, 1.165) is 5.82 Å². The Morgan fingerprint density at radius 1 is 0.970 bits per heavy atom. The second-order valence-corrected chi connectivity index (χ2v) is 8.09. The van der Waals surface area contributed by atoms with Crippen LogP contribution in [0.1, 0.15) is 17.3 Å². The number of carbonyl (C=O) groups is 2. The van der Waals surface area contributed by atoms with E-state index in [0.29, 0.717) is 53.8 Å². The van der Waals surface area contributed by atoms with Gasteiger partial charge in [-0.15, -0.1) is 0 Å². The van der Waals surface area contributed by atoms with Crippen LogP contribution in [0.15, 0.2) is 60.8 Å². The predicted molar refractivity (Wildman–Crippen MR) is 128 cm³/mol. The summed E-state index contributed by atoms with van der Waals surface area (Å²) in [6.45, 7) is 4.29. The maximum atomic E-state index is 13.1. The first-order valence-electron chi connectivity index (χ1n) is 10.5. The smallest absolute Gasteiger partial charge is 0.257 e. The molecule has 170 valence electrons. The van der Waals surface area contributed by atoms with Gasteiger partial charge in [-0.2, -0.15) is 0 Å². The fourth-order valence-corrected chi connectivity index (χ4v) is 3.71. The molecule has 2 N–H and O–H groups in total. The third kappa shape index (κ3) is 5.59. The van der Waals surface area contributed by atoms with E-state index in [1.165, 1.54) is 18.3 Å². The number of anilines is 4. The number of halogens is 2. The highest BCUT2D eigenvalue weighted by atomic mass is 35.5. The van der Waals surface area contributed by atoms with E-state index in [4.69, 9.17) is 11.6 Å². The normalized spacial score (nSPS) is 13.5. The summed E-state index contributed by atoms with van der Waals surface area (Å²) in [5, 5.41) is 6.42. The molecule has 2 amide bonds. The molecule has 0 saturated carbocycles. The lowest BCUT2D eigenvalue weighted by Crippen LogP contribution is -2.48. The van der Waals surface area contributed by atoms with Crippen molar-refractivity contribution in [1.82, 2.24) is 9.88 Å². The van der Waals surface area contributed by atoms with Gasteiger partial charge in [-0.1, -0.05) is 11.6 Å². The van der Waals surface area contributed by atoms with Gasteiger partial charge in [0.15, 0.2) is 0 Å². The number of hydrogen-bond acceptors (Lipinski definition) is 5. The van der Waals surface area contributed by atoms with Crippen LogP contribution in [0.25, 0.3) is 0 Å². The highest BCUT2D eigenvalue weighted by molar-refractivity contribution is 6.33. The molecule has 0 atom stereocenters. The number of nitrogens with one attached hydrogen (secondary N) is 2. The van der Waals surface area contributed by atoms with Crippen LogP contribution in [0.3, 0.4) is 0 Å². The van der Waals surface area contributed by atoms with Gasteiger partial charge in [0, 0.05) is 50.7 Å². The van der Waals surface area contributed by atoms with Crippen molar-refractivity contribution in [2.45, 2.75) is 6.92 Å². The highest BCUT2D eigenvalue weighted by Crippen LogP contribution is 2.29. The Hall–Kier alpha value is -3.65. The minimum absolute atomic E-state index is 0.0767. The van der Waals surface area contributed by atoms with Crippen molar-refractivity contribution in [2.24, 2.45) is 0 Å². The fraction of sp³-hybridized carbons (Fsp3) is 0.208. The summed E-state index contributed by atoms with van der Waals surface area (Å²) in [6.07, 6.45) is 1.54. The first kappa shape index (κ1) is 22.5. The Morgan fingerprint density at radius 2 is 1.67 bits per heavy atom. The summed E-state index contributed by atoms with van der Waals surface area (Å²) in [5.74, 6) is 0.219. The second kappa shape index (κ2) is 9.87. The van der Waals surface area contributed by atoms with Crippen LogP contribution in [0.5, 0.6) is 0 Å². The highest BCUT2D eigenvalue weighted by Gasteiger charge is 2.19. The molecule has 0 aliphatic carbocycles. The largest absolute Gasteiger partial charge is 0.354 e. The van der Waals surface area contributed by atoms with Crippen molar-refractivity contribution in [2.75, 3.05) is 41.7 Å². The number of pyridine rings is 1. The maximum Gasteiger partial charge on any atom is 0.257 e. The van der Waals surface area contributed by atoms with Crippen molar-refractivity contribution in [3.05, 3.63) is 77.2 Å². The third-order valence-electron chi connectivity index (χ3n) is 5.41. The first-order valence-corrected chi connectivity index (χ1v) is 10.9. The first-order chi connectivity index (χ1) is 15.9. The Morgan fingerprint density at radius 3 is 2.30 bits per heavy atom. The van der Waals surface area contributed by atoms with E-state index >= 15 is 0 Å². The molecule has 2 aromatic carbocycles. The molecule has 0 unspecified atom stereocenters. The maximum absolute atomic E-state index is 13.1. The van der Waals surface area contributed by atoms with Crippen molar-refractivity contribution in [3.8, 4) is 0 Å². The van der Waals surface area contributed by atoms with Gasteiger partial charge >= 0.3 is 0 Å². The van der Waals surface area contributed by atoms with Gasteiger partial charge in [-0.3, -0.25) is 9.59 Å². The molecule has 0 radical (unpaired) electrons. The zero-order valence-electron chi connectivity index (χ0n) is 18.0. The van der Waals surface area contributed by atoms with Crippen LogP contribution in [-0.4, -0.2) is 47.9 Å². The minimum atomic E-state index is -0.328. The second-order valence-electron chi connectivity index (χ2n) is 7.68. The summed E-state index contributed by atoms with van der Waals surface area (Å²) >= 11 is 6.26. The molecule has 3 aromatic rings. The lowest BCUT2D eigenvalue weighted by Gasteiger charge is -2.34. The van der Waals surface area contributed by atoms with Gasteiger partial charge in [0.05, 0.1) is 16.3 Å². The standard InChI is InChI=1S/C24H23ClFN5O2/c1-16(32)30-10-12-31(13-11-30)23-9-2-17(15-27-23)24(33)29-20-7-8-21(25)22(14-20)28-19-5-3-18(26)4-6-19/h2-9,14-15,28H,10-13H2,1H3,(H,29,33). The molecule has 1 aliphatic rings. The molecule has 4 rings (SSSR count). The number of aromatic nitrogens is 1. The third-order valence-corrected chi connectivity index (χ3v) is 5.74. The fourth-order valence-electron chi connectivity index (χ4n) is 3.55. The zero-order valence-corrected chi connectivity index (χ0v) is 18.8. The van der Waals surface area contributed by atoms with E-state index in [-0.39, 0.29) is 17.6 Å². The predicted octanol–water partition coefficient (Wildman–Crippen LogP) is 4.54. The zero-order chi connectivity index (χ0) is 23.4. The van der Waals surface area contributed by atoms with Gasteiger partial charge in [0.1, 0.15) is 11.6 Å². The average molecular weight is 468 g/mol. The van der Waals surface area contributed by atoms with Crippen LogP contribution in [-0.2, 0) is 4.79 Å². The minimum Gasteiger partial charge on any atom is -0.354 e. The van der Waals surface area contributed by atoms with Crippen molar-refractivity contribution >= 4 is 46.3 Å². The monoisotopic (exact) mass is 467 g/mol.